The highest BCUT2D eigenvalue weighted by Gasteiger charge is 2.58. The van der Waals surface area contributed by atoms with Crippen LogP contribution in [0.1, 0.15) is 51.4 Å². The van der Waals surface area contributed by atoms with Crippen molar-refractivity contribution >= 4 is 5.78 Å². The van der Waals surface area contributed by atoms with Crippen LogP contribution in [0.3, 0.4) is 0 Å². The molecule has 0 aromatic rings. The molecular weight excluding hydrogens is 172 g/mol. The first-order chi connectivity index (χ1) is 6.79. The number of carbonyl (C=O) groups excluding carboxylic acids is 1. The van der Waals surface area contributed by atoms with E-state index in [2.05, 4.69) is 6.08 Å². The van der Waals surface area contributed by atoms with Crippen LogP contribution in [0.2, 0.25) is 0 Å². The summed E-state index contributed by atoms with van der Waals surface area (Å²) in [6, 6.07) is 0. The van der Waals surface area contributed by atoms with E-state index in [9.17, 15) is 4.79 Å². The Morgan fingerprint density at radius 3 is 2.07 bits per heavy atom. The summed E-state index contributed by atoms with van der Waals surface area (Å²) < 4.78 is 0. The third kappa shape index (κ3) is 0.838. The van der Waals surface area contributed by atoms with Gasteiger partial charge in [0.05, 0.1) is 0 Å². The fraction of sp³-hybridized carbons (Fsp3) is 0.769. The standard InChI is InChI=1S/C13H18O/c14-11-5-10-12-6-1-3-8-13(11,12)9-4-2-7-12/h5,10H,1-4,6-9H2. The first kappa shape index (κ1) is 8.70. The molecule has 0 aromatic heterocycles. The molecule has 0 atom stereocenters. The summed E-state index contributed by atoms with van der Waals surface area (Å²) in [5, 5.41) is 0. The Balaban J connectivity index is 2.08. The van der Waals surface area contributed by atoms with Gasteiger partial charge in [-0.2, -0.15) is 0 Å². The van der Waals surface area contributed by atoms with Crippen molar-refractivity contribution in [1.29, 1.82) is 0 Å². The number of allylic oxidation sites excluding steroid dienone is 2. The third-order valence-electron chi connectivity index (χ3n) is 4.93. The van der Waals surface area contributed by atoms with Crippen LogP contribution in [-0.2, 0) is 4.79 Å². The molecule has 0 heterocycles. The molecule has 1 heteroatoms. The topological polar surface area (TPSA) is 17.1 Å². The van der Waals surface area contributed by atoms with E-state index < -0.39 is 0 Å². The minimum Gasteiger partial charge on any atom is -0.294 e. The smallest absolute Gasteiger partial charge is 0.162 e. The van der Waals surface area contributed by atoms with Crippen molar-refractivity contribution < 1.29 is 4.79 Å². The van der Waals surface area contributed by atoms with Gasteiger partial charge in [-0.05, 0) is 31.8 Å². The van der Waals surface area contributed by atoms with Crippen LogP contribution in [-0.4, -0.2) is 5.78 Å². The van der Waals surface area contributed by atoms with Crippen molar-refractivity contribution in [2.75, 3.05) is 0 Å². The van der Waals surface area contributed by atoms with Crippen molar-refractivity contribution in [3.8, 4) is 0 Å². The van der Waals surface area contributed by atoms with Gasteiger partial charge in [-0.25, -0.2) is 0 Å². The highest BCUT2D eigenvalue weighted by Crippen LogP contribution is 2.62. The summed E-state index contributed by atoms with van der Waals surface area (Å²) in [4.78, 5) is 12.1. The van der Waals surface area contributed by atoms with Crippen LogP contribution in [0.4, 0.5) is 0 Å². The zero-order valence-corrected chi connectivity index (χ0v) is 8.72. The Bertz CT molecular complexity index is 288. The van der Waals surface area contributed by atoms with Gasteiger partial charge in [-0.3, -0.25) is 4.79 Å². The lowest BCUT2D eigenvalue weighted by Crippen LogP contribution is -2.47. The van der Waals surface area contributed by atoms with Crippen molar-refractivity contribution in [2.24, 2.45) is 10.8 Å². The predicted octanol–water partition coefficient (Wildman–Crippen LogP) is 3.25. The average Bonchev–Trinajstić information content (AvgIpc) is 2.54. The molecule has 2 fully saturated rings. The summed E-state index contributed by atoms with van der Waals surface area (Å²) >= 11 is 0. The van der Waals surface area contributed by atoms with Crippen molar-refractivity contribution in [2.45, 2.75) is 51.4 Å². The Labute approximate surface area is 85.6 Å². The normalized spacial score (nSPS) is 46.1. The molecule has 3 aliphatic rings. The molecule has 0 spiro atoms. The molecule has 14 heavy (non-hydrogen) atoms. The van der Waals surface area contributed by atoms with Gasteiger partial charge >= 0.3 is 0 Å². The molecule has 3 rings (SSSR count). The van der Waals surface area contributed by atoms with E-state index in [1.165, 1.54) is 51.4 Å². The Morgan fingerprint density at radius 1 is 0.929 bits per heavy atom. The first-order valence-corrected chi connectivity index (χ1v) is 6.03. The summed E-state index contributed by atoms with van der Waals surface area (Å²) in [7, 11) is 0. The van der Waals surface area contributed by atoms with Gasteiger partial charge < -0.3 is 0 Å². The van der Waals surface area contributed by atoms with Crippen LogP contribution in [0, 0.1) is 10.8 Å². The number of hydrogen-bond acceptors (Lipinski definition) is 1. The van der Waals surface area contributed by atoms with Crippen molar-refractivity contribution in [3.63, 3.8) is 0 Å². The Kier molecular flexibility index (Phi) is 1.68. The maximum atomic E-state index is 12.1. The largest absolute Gasteiger partial charge is 0.294 e. The van der Waals surface area contributed by atoms with Crippen LogP contribution in [0.15, 0.2) is 12.2 Å². The van der Waals surface area contributed by atoms with E-state index >= 15 is 0 Å². The second-order valence-corrected chi connectivity index (χ2v) is 5.35. The summed E-state index contributed by atoms with van der Waals surface area (Å²) in [5.41, 5.74) is 0.379. The molecule has 2 saturated carbocycles. The lowest BCUT2D eigenvalue weighted by molar-refractivity contribution is -0.134. The Morgan fingerprint density at radius 2 is 1.50 bits per heavy atom. The molecule has 0 aliphatic heterocycles. The molecule has 0 aromatic carbocycles. The van der Waals surface area contributed by atoms with Gasteiger partial charge in [0.1, 0.15) is 0 Å². The average molecular weight is 190 g/mol. The van der Waals surface area contributed by atoms with E-state index in [4.69, 9.17) is 0 Å². The van der Waals surface area contributed by atoms with Crippen LogP contribution in [0.5, 0.6) is 0 Å². The van der Waals surface area contributed by atoms with Gasteiger partial charge in [0.15, 0.2) is 5.78 Å². The maximum Gasteiger partial charge on any atom is 0.162 e. The van der Waals surface area contributed by atoms with E-state index in [0.29, 0.717) is 11.2 Å². The summed E-state index contributed by atoms with van der Waals surface area (Å²) in [6.07, 6.45) is 14.3. The minimum absolute atomic E-state index is 0.0729. The summed E-state index contributed by atoms with van der Waals surface area (Å²) in [6.45, 7) is 0. The molecule has 0 unspecified atom stereocenters. The molecule has 0 saturated heterocycles. The fourth-order valence-electron chi connectivity index (χ4n) is 4.17. The zero-order valence-electron chi connectivity index (χ0n) is 8.72. The lowest BCUT2D eigenvalue weighted by Gasteiger charge is -2.51. The number of rotatable bonds is 0. The number of carbonyl (C=O) groups is 1. The summed E-state index contributed by atoms with van der Waals surface area (Å²) in [5.74, 6) is 0.455. The van der Waals surface area contributed by atoms with Gasteiger partial charge in [-0.15, -0.1) is 0 Å². The molecule has 76 valence electrons. The van der Waals surface area contributed by atoms with Crippen molar-refractivity contribution in [3.05, 3.63) is 12.2 Å². The molecular formula is C13H18O. The van der Waals surface area contributed by atoms with Gasteiger partial charge in [0, 0.05) is 10.8 Å². The van der Waals surface area contributed by atoms with Crippen molar-refractivity contribution in [1.82, 2.24) is 0 Å². The molecule has 0 N–H and O–H groups in total. The lowest BCUT2D eigenvalue weighted by atomic mass is 9.51. The van der Waals surface area contributed by atoms with Crippen LogP contribution >= 0.6 is 0 Å². The number of ketones is 1. The fourth-order valence-corrected chi connectivity index (χ4v) is 4.17. The quantitative estimate of drug-likeness (QED) is 0.573. The van der Waals surface area contributed by atoms with E-state index in [0.717, 1.165) is 0 Å². The van der Waals surface area contributed by atoms with E-state index in [1.807, 2.05) is 6.08 Å². The van der Waals surface area contributed by atoms with E-state index in [1.54, 1.807) is 0 Å². The Hall–Kier alpha value is -0.590. The molecule has 3 aliphatic carbocycles. The van der Waals surface area contributed by atoms with Gasteiger partial charge in [-0.1, -0.05) is 31.8 Å². The minimum atomic E-state index is 0.0729. The molecule has 0 radical (unpaired) electrons. The molecule has 1 nitrogen and oxygen atoms in total. The van der Waals surface area contributed by atoms with E-state index in [-0.39, 0.29) is 5.41 Å². The predicted molar refractivity (Wildman–Crippen MR) is 55.9 cm³/mol. The SMILES string of the molecule is O=C1C=CC23CCCCC12CCCC3. The third-order valence-corrected chi connectivity index (χ3v) is 4.93. The van der Waals surface area contributed by atoms with Crippen LogP contribution < -0.4 is 0 Å². The second kappa shape index (κ2) is 2.71. The van der Waals surface area contributed by atoms with Gasteiger partial charge in [0.25, 0.3) is 0 Å². The van der Waals surface area contributed by atoms with Crippen LogP contribution in [0.25, 0.3) is 0 Å². The monoisotopic (exact) mass is 190 g/mol. The number of hydrogen-bond donors (Lipinski definition) is 0. The highest BCUT2D eigenvalue weighted by molar-refractivity contribution is 5.98. The molecule has 0 bridgehead atoms. The first-order valence-electron chi connectivity index (χ1n) is 6.03. The van der Waals surface area contributed by atoms with Gasteiger partial charge in [0.2, 0.25) is 0 Å². The molecule has 0 amide bonds. The highest BCUT2D eigenvalue weighted by atomic mass is 16.1. The maximum absolute atomic E-state index is 12.1. The zero-order chi connectivity index (χ0) is 9.65. The second-order valence-electron chi connectivity index (χ2n) is 5.35.